The summed E-state index contributed by atoms with van der Waals surface area (Å²) in [6.45, 7) is 4.38. The van der Waals surface area contributed by atoms with Gasteiger partial charge in [-0.3, -0.25) is 9.59 Å². The van der Waals surface area contributed by atoms with E-state index in [4.69, 9.17) is 0 Å². The summed E-state index contributed by atoms with van der Waals surface area (Å²) in [5.74, 6) is -0.0227. The minimum absolute atomic E-state index is 0.0228. The van der Waals surface area contributed by atoms with Gasteiger partial charge in [-0.1, -0.05) is 12.1 Å². The van der Waals surface area contributed by atoms with Crippen molar-refractivity contribution >= 4 is 11.7 Å². The van der Waals surface area contributed by atoms with E-state index >= 15 is 0 Å². The smallest absolute Gasteiger partial charge is 0.254 e. The van der Waals surface area contributed by atoms with Crippen LogP contribution in [0.5, 0.6) is 0 Å². The lowest BCUT2D eigenvalue weighted by molar-refractivity contribution is 0.0655. The van der Waals surface area contributed by atoms with Crippen LogP contribution in [-0.2, 0) is 0 Å². The number of benzene rings is 1. The summed E-state index contributed by atoms with van der Waals surface area (Å²) in [5.41, 5.74) is 1.83. The van der Waals surface area contributed by atoms with Gasteiger partial charge in [0.2, 0.25) is 0 Å². The minimum atomic E-state index is -0.0456. The Kier molecular flexibility index (Phi) is 4.06. The lowest BCUT2D eigenvalue weighted by atomic mass is 10.0. The van der Waals surface area contributed by atoms with Crippen LogP contribution in [0.25, 0.3) is 0 Å². The Morgan fingerprint density at radius 2 is 1.82 bits per heavy atom. The van der Waals surface area contributed by atoms with Gasteiger partial charge in [0.1, 0.15) is 0 Å². The number of aromatic amines is 1. The Morgan fingerprint density at radius 1 is 1.09 bits per heavy atom. The zero-order valence-corrected chi connectivity index (χ0v) is 12.5. The zero-order valence-electron chi connectivity index (χ0n) is 12.5. The Labute approximate surface area is 129 Å². The molecule has 0 spiro atoms. The molecule has 0 bridgehead atoms. The standard InChI is InChI=1S/C17H19N3O2/c1-12-10-19-8-9-20(12)17(22)14-4-2-13(3-5-14)16(21)15-6-7-18-11-15/h2-7,11-12,18-19H,8-10H2,1H3/t12-/m1/s1. The summed E-state index contributed by atoms with van der Waals surface area (Å²) in [4.78, 5) is 29.5. The molecule has 2 N–H and O–H groups in total. The van der Waals surface area contributed by atoms with E-state index in [1.165, 1.54) is 0 Å². The molecule has 2 heterocycles. The van der Waals surface area contributed by atoms with Crippen LogP contribution >= 0.6 is 0 Å². The number of carbonyl (C=O) groups excluding carboxylic acids is 2. The monoisotopic (exact) mass is 297 g/mol. The van der Waals surface area contributed by atoms with Gasteiger partial charge in [0, 0.05) is 54.8 Å². The van der Waals surface area contributed by atoms with E-state index in [9.17, 15) is 9.59 Å². The normalized spacial score (nSPS) is 18.2. The number of aromatic nitrogens is 1. The third-order valence-electron chi connectivity index (χ3n) is 4.02. The molecule has 2 aromatic rings. The minimum Gasteiger partial charge on any atom is -0.367 e. The number of H-pyrrole nitrogens is 1. The van der Waals surface area contributed by atoms with Crippen molar-refractivity contribution in [2.75, 3.05) is 19.6 Å². The van der Waals surface area contributed by atoms with Crippen molar-refractivity contribution in [2.24, 2.45) is 0 Å². The molecule has 3 rings (SSSR count). The maximum absolute atomic E-state index is 12.5. The van der Waals surface area contributed by atoms with Crippen molar-refractivity contribution in [2.45, 2.75) is 13.0 Å². The number of amides is 1. The Balaban J connectivity index is 1.76. The van der Waals surface area contributed by atoms with E-state index in [2.05, 4.69) is 10.3 Å². The third-order valence-corrected chi connectivity index (χ3v) is 4.02. The van der Waals surface area contributed by atoms with Crippen LogP contribution < -0.4 is 5.32 Å². The van der Waals surface area contributed by atoms with Crippen molar-refractivity contribution in [3.05, 3.63) is 59.4 Å². The molecule has 1 aliphatic heterocycles. The fraction of sp³-hybridized carbons (Fsp3) is 0.294. The lowest BCUT2D eigenvalue weighted by Crippen LogP contribution is -2.52. The molecule has 114 valence electrons. The van der Waals surface area contributed by atoms with Crippen LogP contribution in [0.3, 0.4) is 0 Å². The third kappa shape index (κ3) is 2.80. The second-order valence-corrected chi connectivity index (χ2v) is 5.56. The van der Waals surface area contributed by atoms with Crippen molar-refractivity contribution in [1.82, 2.24) is 15.2 Å². The van der Waals surface area contributed by atoms with Gasteiger partial charge in [-0.25, -0.2) is 0 Å². The Bertz CT molecular complexity index is 662. The van der Waals surface area contributed by atoms with E-state index in [0.717, 1.165) is 13.1 Å². The second-order valence-electron chi connectivity index (χ2n) is 5.56. The van der Waals surface area contributed by atoms with E-state index in [1.54, 1.807) is 42.7 Å². The molecule has 1 fully saturated rings. The van der Waals surface area contributed by atoms with Crippen LogP contribution in [0.2, 0.25) is 0 Å². The maximum Gasteiger partial charge on any atom is 0.254 e. The van der Waals surface area contributed by atoms with Gasteiger partial charge < -0.3 is 15.2 Å². The van der Waals surface area contributed by atoms with Crippen LogP contribution in [0.1, 0.15) is 33.2 Å². The highest BCUT2D eigenvalue weighted by molar-refractivity contribution is 6.09. The first-order chi connectivity index (χ1) is 10.7. The number of nitrogens with zero attached hydrogens (tertiary/aromatic N) is 1. The highest BCUT2D eigenvalue weighted by Crippen LogP contribution is 2.14. The van der Waals surface area contributed by atoms with E-state index in [-0.39, 0.29) is 17.7 Å². The molecule has 0 aliphatic carbocycles. The number of hydrogen-bond acceptors (Lipinski definition) is 3. The van der Waals surface area contributed by atoms with E-state index < -0.39 is 0 Å². The number of nitrogens with one attached hydrogen (secondary N) is 2. The van der Waals surface area contributed by atoms with Gasteiger partial charge >= 0.3 is 0 Å². The van der Waals surface area contributed by atoms with Crippen LogP contribution in [-0.4, -0.2) is 47.3 Å². The summed E-state index contributed by atoms with van der Waals surface area (Å²) in [6, 6.07) is 8.82. The maximum atomic E-state index is 12.5. The number of rotatable bonds is 3. The molecule has 1 atom stereocenters. The molecule has 1 saturated heterocycles. The van der Waals surface area contributed by atoms with Crippen LogP contribution in [0.15, 0.2) is 42.7 Å². The largest absolute Gasteiger partial charge is 0.367 e. The first kappa shape index (κ1) is 14.5. The predicted octanol–water partition coefficient (Wildman–Crippen LogP) is 1.68. The van der Waals surface area contributed by atoms with Gasteiger partial charge in [0.05, 0.1) is 0 Å². The number of hydrogen-bond donors (Lipinski definition) is 2. The van der Waals surface area contributed by atoms with E-state index in [0.29, 0.717) is 23.2 Å². The fourth-order valence-corrected chi connectivity index (χ4v) is 2.70. The van der Waals surface area contributed by atoms with Gasteiger partial charge in [0.15, 0.2) is 5.78 Å². The van der Waals surface area contributed by atoms with Gasteiger partial charge in [0.25, 0.3) is 5.91 Å². The van der Waals surface area contributed by atoms with Crippen LogP contribution in [0, 0.1) is 0 Å². The molecule has 0 unspecified atom stereocenters. The molecular weight excluding hydrogens is 278 g/mol. The summed E-state index contributed by atoms with van der Waals surface area (Å²) in [7, 11) is 0. The van der Waals surface area contributed by atoms with Crippen molar-refractivity contribution in [3.8, 4) is 0 Å². The van der Waals surface area contributed by atoms with Gasteiger partial charge in [-0.2, -0.15) is 0 Å². The second kappa shape index (κ2) is 6.15. The summed E-state index contributed by atoms with van der Waals surface area (Å²) < 4.78 is 0. The first-order valence-corrected chi connectivity index (χ1v) is 7.46. The Morgan fingerprint density at radius 3 is 2.45 bits per heavy atom. The molecule has 1 aliphatic rings. The topological polar surface area (TPSA) is 65.2 Å². The highest BCUT2D eigenvalue weighted by atomic mass is 16.2. The molecule has 0 saturated carbocycles. The van der Waals surface area contributed by atoms with E-state index in [1.807, 2.05) is 11.8 Å². The molecule has 1 aromatic carbocycles. The quantitative estimate of drug-likeness (QED) is 0.847. The summed E-state index contributed by atoms with van der Waals surface area (Å²) in [6.07, 6.45) is 3.39. The molecule has 1 aromatic heterocycles. The molecule has 5 nitrogen and oxygen atoms in total. The number of carbonyl (C=O) groups is 2. The SMILES string of the molecule is C[C@@H]1CNCCN1C(=O)c1ccc(C(=O)c2cc[nH]c2)cc1. The van der Waals surface area contributed by atoms with Crippen molar-refractivity contribution in [1.29, 1.82) is 0 Å². The highest BCUT2D eigenvalue weighted by Gasteiger charge is 2.24. The number of ketones is 1. The molecular formula is C17H19N3O2. The van der Waals surface area contributed by atoms with Crippen molar-refractivity contribution < 1.29 is 9.59 Å². The van der Waals surface area contributed by atoms with Gasteiger partial charge in [-0.05, 0) is 25.1 Å². The first-order valence-electron chi connectivity index (χ1n) is 7.46. The van der Waals surface area contributed by atoms with Gasteiger partial charge in [-0.15, -0.1) is 0 Å². The molecule has 0 radical (unpaired) electrons. The molecule has 5 heteroatoms. The fourth-order valence-electron chi connectivity index (χ4n) is 2.70. The average molecular weight is 297 g/mol. The average Bonchev–Trinajstić information content (AvgIpc) is 3.09. The summed E-state index contributed by atoms with van der Waals surface area (Å²) in [5, 5.41) is 3.27. The Hall–Kier alpha value is -2.40. The number of piperazine rings is 1. The molecule has 22 heavy (non-hydrogen) atoms. The molecule has 1 amide bonds. The van der Waals surface area contributed by atoms with Crippen molar-refractivity contribution in [3.63, 3.8) is 0 Å². The predicted molar refractivity (Wildman–Crippen MR) is 84.0 cm³/mol. The zero-order chi connectivity index (χ0) is 15.5. The lowest BCUT2D eigenvalue weighted by Gasteiger charge is -2.34. The van der Waals surface area contributed by atoms with Crippen LogP contribution in [0.4, 0.5) is 0 Å². The summed E-state index contributed by atoms with van der Waals surface area (Å²) >= 11 is 0.